The second-order valence-corrected chi connectivity index (χ2v) is 7.32. The first-order valence-corrected chi connectivity index (χ1v) is 8.75. The minimum absolute atomic E-state index is 0.101. The summed E-state index contributed by atoms with van der Waals surface area (Å²) in [6.07, 6.45) is 4.07. The molecule has 1 amide bonds. The summed E-state index contributed by atoms with van der Waals surface area (Å²) in [5.41, 5.74) is 0.798. The molecule has 1 aliphatic heterocycles. The second kappa shape index (κ2) is 7.05. The molecule has 0 spiro atoms. The Bertz CT molecular complexity index is 435. The van der Waals surface area contributed by atoms with Crippen LogP contribution in [0.5, 0.6) is 0 Å². The molecule has 0 saturated carbocycles. The summed E-state index contributed by atoms with van der Waals surface area (Å²) in [5, 5.41) is 0. The van der Waals surface area contributed by atoms with Gasteiger partial charge in [-0.15, -0.1) is 0 Å². The van der Waals surface area contributed by atoms with Gasteiger partial charge in [-0.2, -0.15) is 0 Å². The van der Waals surface area contributed by atoms with E-state index >= 15 is 0 Å². The van der Waals surface area contributed by atoms with Gasteiger partial charge in [-0.1, -0.05) is 13.0 Å². The third kappa shape index (κ3) is 5.74. The van der Waals surface area contributed by atoms with E-state index in [0.29, 0.717) is 19.6 Å². The molecule has 1 heterocycles. The summed E-state index contributed by atoms with van der Waals surface area (Å²) in [4.78, 5) is 16.0. The van der Waals surface area contributed by atoms with Crippen molar-refractivity contribution in [1.82, 2.24) is 9.80 Å². The molecule has 0 aromatic carbocycles. The van der Waals surface area contributed by atoms with E-state index < -0.39 is 9.84 Å². The fraction of sp³-hybridized carbons (Fsp3) is 0.769. The number of allylic oxidation sites excluding steroid dienone is 1. The number of carbonyl (C=O) groups is 1. The number of hydrogen-bond donors (Lipinski definition) is 0. The Balaban J connectivity index is 2.41. The fourth-order valence-corrected chi connectivity index (χ4v) is 2.70. The van der Waals surface area contributed by atoms with Gasteiger partial charge < -0.3 is 4.90 Å². The van der Waals surface area contributed by atoms with Gasteiger partial charge in [-0.05, 0) is 13.3 Å². The summed E-state index contributed by atoms with van der Waals surface area (Å²) in [5.74, 6) is 0.292. The highest BCUT2D eigenvalue weighted by molar-refractivity contribution is 7.90. The summed E-state index contributed by atoms with van der Waals surface area (Å²) in [6, 6.07) is 0. The van der Waals surface area contributed by atoms with Gasteiger partial charge in [0.15, 0.2) is 0 Å². The van der Waals surface area contributed by atoms with Gasteiger partial charge in [0.2, 0.25) is 5.91 Å². The lowest BCUT2D eigenvalue weighted by molar-refractivity contribution is -0.128. The number of carbonyl (C=O) groups excluding carboxylic acids is 1. The van der Waals surface area contributed by atoms with Crippen molar-refractivity contribution < 1.29 is 13.2 Å². The molecule has 0 aromatic rings. The van der Waals surface area contributed by atoms with Crippen molar-refractivity contribution >= 4 is 15.7 Å². The Kier molecular flexibility index (Phi) is 6.00. The highest BCUT2D eigenvalue weighted by Crippen LogP contribution is 2.07. The van der Waals surface area contributed by atoms with E-state index in [0.717, 1.165) is 25.1 Å². The molecular formula is C13H24N2O3S. The van der Waals surface area contributed by atoms with Crippen LogP contribution < -0.4 is 0 Å². The number of nitrogens with zero attached hydrogens (tertiary/aromatic N) is 2. The van der Waals surface area contributed by atoms with Crippen LogP contribution in [-0.4, -0.2) is 68.9 Å². The molecule has 1 rings (SSSR count). The normalized spacial score (nSPS) is 18.7. The molecule has 1 saturated heterocycles. The van der Waals surface area contributed by atoms with Crippen LogP contribution in [0.15, 0.2) is 11.6 Å². The van der Waals surface area contributed by atoms with Crippen LogP contribution in [0.4, 0.5) is 0 Å². The van der Waals surface area contributed by atoms with Gasteiger partial charge in [0.1, 0.15) is 9.84 Å². The van der Waals surface area contributed by atoms with Crippen molar-refractivity contribution in [3.05, 3.63) is 11.6 Å². The monoisotopic (exact) mass is 288 g/mol. The first kappa shape index (κ1) is 16.2. The maximum absolute atomic E-state index is 12.1. The smallest absolute Gasteiger partial charge is 0.249 e. The summed E-state index contributed by atoms with van der Waals surface area (Å²) >= 11 is 0. The standard InChI is InChI=1S/C13H24N2O3S/c1-4-5-12(2)13(16)15-8-6-14(7-9-15)10-11-19(3,17)18/h5H,4,6-11H2,1-3H3. The van der Waals surface area contributed by atoms with E-state index in [1.807, 2.05) is 24.8 Å². The van der Waals surface area contributed by atoms with Crippen LogP contribution in [0.1, 0.15) is 20.3 Å². The van der Waals surface area contributed by atoms with Crippen molar-refractivity contribution in [3.8, 4) is 0 Å². The first-order chi connectivity index (χ1) is 8.83. The zero-order valence-corrected chi connectivity index (χ0v) is 12.9. The molecule has 110 valence electrons. The summed E-state index contributed by atoms with van der Waals surface area (Å²) in [7, 11) is -2.91. The van der Waals surface area contributed by atoms with Gasteiger partial charge >= 0.3 is 0 Å². The summed E-state index contributed by atoms with van der Waals surface area (Å²) < 4.78 is 22.2. The quantitative estimate of drug-likeness (QED) is 0.693. The minimum Gasteiger partial charge on any atom is -0.336 e. The Labute approximate surface area is 116 Å². The van der Waals surface area contributed by atoms with Crippen LogP contribution in [0, 0.1) is 0 Å². The molecule has 0 bridgehead atoms. The minimum atomic E-state index is -2.91. The number of piperazine rings is 1. The molecule has 0 aromatic heterocycles. The Morgan fingerprint density at radius 3 is 2.26 bits per heavy atom. The number of sulfone groups is 1. The van der Waals surface area contributed by atoms with Crippen molar-refractivity contribution in [2.24, 2.45) is 0 Å². The molecule has 6 heteroatoms. The van der Waals surface area contributed by atoms with Crippen molar-refractivity contribution in [3.63, 3.8) is 0 Å². The highest BCUT2D eigenvalue weighted by atomic mass is 32.2. The molecular weight excluding hydrogens is 264 g/mol. The van der Waals surface area contributed by atoms with Crippen LogP contribution in [-0.2, 0) is 14.6 Å². The predicted molar refractivity (Wildman–Crippen MR) is 76.8 cm³/mol. The zero-order valence-electron chi connectivity index (χ0n) is 12.1. The number of amides is 1. The molecule has 0 atom stereocenters. The van der Waals surface area contributed by atoms with E-state index in [9.17, 15) is 13.2 Å². The summed E-state index contributed by atoms with van der Waals surface area (Å²) in [6.45, 7) is 7.28. The van der Waals surface area contributed by atoms with Crippen molar-refractivity contribution in [2.45, 2.75) is 20.3 Å². The van der Waals surface area contributed by atoms with Gasteiger partial charge in [0.25, 0.3) is 0 Å². The molecule has 0 N–H and O–H groups in total. The van der Waals surface area contributed by atoms with Crippen LogP contribution in [0.25, 0.3) is 0 Å². The molecule has 1 aliphatic rings. The van der Waals surface area contributed by atoms with Crippen molar-refractivity contribution in [2.75, 3.05) is 44.7 Å². The van der Waals surface area contributed by atoms with E-state index in [4.69, 9.17) is 0 Å². The Morgan fingerprint density at radius 2 is 1.79 bits per heavy atom. The van der Waals surface area contributed by atoms with Crippen LogP contribution in [0.2, 0.25) is 0 Å². The van der Waals surface area contributed by atoms with Gasteiger partial charge in [0.05, 0.1) is 5.75 Å². The Morgan fingerprint density at radius 1 is 1.21 bits per heavy atom. The van der Waals surface area contributed by atoms with Gasteiger partial charge in [-0.3, -0.25) is 9.69 Å². The third-order valence-electron chi connectivity index (χ3n) is 3.29. The maximum Gasteiger partial charge on any atom is 0.249 e. The molecule has 1 fully saturated rings. The SMILES string of the molecule is CCC=C(C)C(=O)N1CCN(CCS(C)(=O)=O)CC1. The predicted octanol–water partition coefficient (Wildman–Crippen LogP) is 0.532. The third-order valence-corrected chi connectivity index (χ3v) is 4.21. The Hall–Kier alpha value is -0.880. The topological polar surface area (TPSA) is 57.7 Å². The maximum atomic E-state index is 12.1. The fourth-order valence-electron chi connectivity index (χ4n) is 2.11. The molecule has 0 aliphatic carbocycles. The molecule has 19 heavy (non-hydrogen) atoms. The lowest BCUT2D eigenvalue weighted by atomic mass is 10.2. The average Bonchev–Trinajstić information content (AvgIpc) is 2.35. The van der Waals surface area contributed by atoms with E-state index in [2.05, 4.69) is 4.90 Å². The average molecular weight is 288 g/mol. The lowest BCUT2D eigenvalue weighted by Crippen LogP contribution is -2.49. The van der Waals surface area contributed by atoms with Gasteiger partial charge in [0, 0.05) is 44.6 Å². The second-order valence-electron chi connectivity index (χ2n) is 5.06. The molecule has 0 radical (unpaired) electrons. The number of rotatable bonds is 5. The van der Waals surface area contributed by atoms with E-state index in [1.165, 1.54) is 6.26 Å². The molecule has 0 unspecified atom stereocenters. The largest absolute Gasteiger partial charge is 0.336 e. The van der Waals surface area contributed by atoms with Crippen molar-refractivity contribution in [1.29, 1.82) is 0 Å². The van der Waals surface area contributed by atoms with Crippen LogP contribution >= 0.6 is 0 Å². The highest BCUT2D eigenvalue weighted by Gasteiger charge is 2.22. The van der Waals surface area contributed by atoms with E-state index in [-0.39, 0.29) is 11.7 Å². The van der Waals surface area contributed by atoms with E-state index in [1.54, 1.807) is 0 Å². The van der Waals surface area contributed by atoms with Gasteiger partial charge in [-0.25, -0.2) is 8.42 Å². The number of hydrogen-bond acceptors (Lipinski definition) is 4. The molecule has 5 nitrogen and oxygen atoms in total. The zero-order chi connectivity index (χ0) is 14.5. The first-order valence-electron chi connectivity index (χ1n) is 6.69. The lowest BCUT2D eigenvalue weighted by Gasteiger charge is -2.34. The van der Waals surface area contributed by atoms with Crippen LogP contribution in [0.3, 0.4) is 0 Å².